The molecule has 1 aromatic rings. The van der Waals surface area contributed by atoms with Gasteiger partial charge in [-0.3, -0.25) is 10.0 Å². The Kier molecular flexibility index (Phi) is 9.76. The molecule has 146 valence electrons. The first kappa shape index (κ1) is 21.0. The van der Waals surface area contributed by atoms with Crippen LogP contribution < -0.4 is 0 Å². The summed E-state index contributed by atoms with van der Waals surface area (Å²) < 4.78 is 0. The Morgan fingerprint density at radius 3 is 2.12 bits per heavy atom. The predicted octanol–water partition coefficient (Wildman–Crippen LogP) is 6.46. The molecular weight excluding hydrogens is 322 g/mol. The molecule has 1 aliphatic heterocycles. The van der Waals surface area contributed by atoms with E-state index in [1.54, 1.807) is 0 Å². The minimum Gasteiger partial charge on any atom is -0.286 e. The van der Waals surface area contributed by atoms with E-state index in [1.165, 1.54) is 63.4 Å². The number of benzene rings is 1. The van der Waals surface area contributed by atoms with Crippen LogP contribution in [0.5, 0.6) is 0 Å². The zero-order chi connectivity index (χ0) is 18.6. The van der Waals surface area contributed by atoms with Gasteiger partial charge in [-0.25, -0.2) is 5.06 Å². The van der Waals surface area contributed by atoms with Crippen molar-refractivity contribution in [2.45, 2.75) is 102 Å². The molecule has 1 aliphatic rings. The van der Waals surface area contributed by atoms with E-state index in [0.29, 0.717) is 6.42 Å². The lowest BCUT2D eigenvalue weighted by atomic mass is 9.82. The molecule has 2 unspecified atom stereocenters. The van der Waals surface area contributed by atoms with Crippen LogP contribution in [0.1, 0.15) is 102 Å². The molecule has 3 heteroatoms. The average Bonchev–Trinajstić information content (AvgIpc) is 2.67. The van der Waals surface area contributed by atoms with Crippen LogP contribution >= 0.6 is 0 Å². The Morgan fingerprint density at radius 2 is 1.50 bits per heavy atom. The lowest BCUT2D eigenvalue weighted by Gasteiger charge is -2.37. The molecule has 3 nitrogen and oxygen atoms in total. The largest absolute Gasteiger partial charge is 0.286 e. The normalized spacial score (nSPS) is 20.5. The van der Waals surface area contributed by atoms with Gasteiger partial charge in [0.2, 0.25) is 5.91 Å². The molecule has 26 heavy (non-hydrogen) atoms. The molecule has 1 saturated heterocycles. The van der Waals surface area contributed by atoms with E-state index in [0.717, 1.165) is 24.3 Å². The molecule has 0 spiro atoms. The summed E-state index contributed by atoms with van der Waals surface area (Å²) >= 11 is 0. The summed E-state index contributed by atoms with van der Waals surface area (Å²) in [6.07, 6.45) is 15.3. The van der Waals surface area contributed by atoms with E-state index >= 15 is 0 Å². The van der Waals surface area contributed by atoms with Crippen molar-refractivity contribution in [1.82, 2.24) is 5.06 Å². The second kappa shape index (κ2) is 12.1. The quantitative estimate of drug-likeness (QED) is 0.343. The fourth-order valence-electron chi connectivity index (χ4n) is 4.19. The van der Waals surface area contributed by atoms with Gasteiger partial charge in [-0.15, -0.1) is 0 Å². The van der Waals surface area contributed by atoms with Crippen LogP contribution in [0.4, 0.5) is 0 Å². The van der Waals surface area contributed by atoms with Gasteiger partial charge < -0.3 is 0 Å². The summed E-state index contributed by atoms with van der Waals surface area (Å²) in [7, 11) is 0. The third-order valence-corrected chi connectivity index (χ3v) is 5.78. The van der Waals surface area contributed by atoms with Gasteiger partial charge in [-0.05, 0) is 18.4 Å². The Balaban J connectivity index is 1.69. The van der Waals surface area contributed by atoms with Crippen molar-refractivity contribution >= 4 is 5.91 Å². The Bertz CT molecular complexity index is 502. The number of amides is 1. The van der Waals surface area contributed by atoms with Gasteiger partial charge in [-0.1, -0.05) is 101 Å². The third-order valence-electron chi connectivity index (χ3n) is 5.78. The third kappa shape index (κ3) is 6.75. The molecular formula is C23H37NO2. The van der Waals surface area contributed by atoms with Crippen LogP contribution in [0.2, 0.25) is 0 Å². The van der Waals surface area contributed by atoms with Crippen LogP contribution in [-0.4, -0.2) is 22.2 Å². The molecule has 0 aromatic heterocycles. The highest BCUT2D eigenvalue weighted by Crippen LogP contribution is 2.35. The number of carbonyl (C=O) groups excluding carboxylic acids is 1. The van der Waals surface area contributed by atoms with Crippen molar-refractivity contribution in [2.75, 3.05) is 0 Å². The van der Waals surface area contributed by atoms with Crippen molar-refractivity contribution in [3.8, 4) is 0 Å². The highest BCUT2D eigenvalue weighted by Gasteiger charge is 2.35. The highest BCUT2D eigenvalue weighted by molar-refractivity contribution is 5.76. The number of unbranched alkanes of at least 4 members (excludes halogenated alkanes) is 9. The molecule has 1 aromatic carbocycles. The Labute approximate surface area is 159 Å². The van der Waals surface area contributed by atoms with Crippen molar-refractivity contribution in [3.63, 3.8) is 0 Å². The van der Waals surface area contributed by atoms with Crippen LogP contribution in [0.3, 0.4) is 0 Å². The summed E-state index contributed by atoms with van der Waals surface area (Å²) in [6, 6.07) is 10.3. The van der Waals surface area contributed by atoms with Crippen molar-refractivity contribution in [1.29, 1.82) is 0 Å². The van der Waals surface area contributed by atoms with Gasteiger partial charge in [0.05, 0.1) is 6.04 Å². The van der Waals surface area contributed by atoms with Gasteiger partial charge in [0.15, 0.2) is 0 Å². The number of hydrogen-bond acceptors (Lipinski definition) is 2. The van der Waals surface area contributed by atoms with E-state index in [9.17, 15) is 10.0 Å². The number of rotatable bonds is 12. The molecule has 2 rings (SSSR count). The fourth-order valence-corrected chi connectivity index (χ4v) is 4.19. The van der Waals surface area contributed by atoms with Gasteiger partial charge in [0.1, 0.15) is 0 Å². The maximum absolute atomic E-state index is 11.9. The Hall–Kier alpha value is -1.35. The minimum absolute atomic E-state index is 0.0623. The van der Waals surface area contributed by atoms with Crippen molar-refractivity contribution in [2.24, 2.45) is 0 Å². The second-order valence-corrected chi connectivity index (χ2v) is 7.83. The first-order valence-electron chi connectivity index (χ1n) is 10.8. The van der Waals surface area contributed by atoms with Gasteiger partial charge in [0, 0.05) is 12.3 Å². The molecule has 1 fully saturated rings. The number of carbonyl (C=O) groups is 1. The maximum atomic E-state index is 11.9. The predicted molar refractivity (Wildman–Crippen MR) is 107 cm³/mol. The maximum Gasteiger partial charge on any atom is 0.246 e. The monoisotopic (exact) mass is 359 g/mol. The highest BCUT2D eigenvalue weighted by atomic mass is 16.5. The minimum atomic E-state index is -0.116. The molecule has 0 saturated carbocycles. The van der Waals surface area contributed by atoms with E-state index in [1.807, 2.05) is 18.2 Å². The van der Waals surface area contributed by atoms with Gasteiger partial charge >= 0.3 is 0 Å². The first-order valence-corrected chi connectivity index (χ1v) is 10.8. The van der Waals surface area contributed by atoms with Crippen LogP contribution in [-0.2, 0) is 4.79 Å². The zero-order valence-electron chi connectivity index (χ0n) is 16.5. The van der Waals surface area contributed by atoms with Gasteiger partial charge in [0.25, 0.3) is 0 Å². The summed E-state index contributed by atoms with van der Waals surface area (Å²) in [5.74, 6) is 0.145. The number of hydroxylamine groups is 2. The lowest BCUT2D eigenvalue weighted by molar-refractivity contribution is -0.185. The molecule has 1 heterocycles. The first-order chi connectivity index (χ1) is 12.7. The Morgan fingerprint density at radius 1 is 0.923 bits per heavy atom. The van der Waals surface area contributed by atoms with Crippen molar-refractivity contribution < 1.29 is 10.0 Å². The number of nitrogens with zero attached hydrogens (tertiary/aromatic N) is 1. The van der Waals surface area contributed by atoms with Crippen LogP contribution in [0.25, 0.3) is 0 Å². The van der Waals surface area contributed by atoms with E-state index < -0.39 is 0 Å². The smallest absolute Gasteiger partial charge is 0.246 e. The van der Waals surface area contributed by atoms with Crippen LogP contribution in [0.15, 0.2) is 30.3 Å². The fraction of sp³-hybridized carbons (Fsp3) is 0.696. The van der Waals surface area contributed by atoms with Crippen molar-refractivity contribution in [3.05, 3.63) is 35.9 Å². The van der Waals surface area contributed by atoms with Crippen LogP contribution in [0, 0.1) is 0 Å². The number of piperidine rings is 1. The molecule has 2 atom stereocenters. The summed E-state index contributed by atoms with van der Waals surface area (Å²) in [6.45, 7) is 2.26. The zero-order valence-corrected chi connectivity index (χ0v) is 16.5. The molecule has 1 N–H and O–H groups in total. The van der Waals surface area contributed by atoms with E-state index in [2.05, 4.69) is 19.1 Å². The topological polar surface area (TPSA) is 40.5 Å². The second-order valence-electron chi connectivity index (χ2n) is 7.83. The number of hydrogen-bond donors (Lipinski definition) is 1. The molecule has 0 radical (unpaired) electrons. The standard InChI is InChI=1S/C23H37NO2/c1-2-3-4-5-6-7-8-9-10-14-17-22-21(18-19-23(25)24(22)26)20-15-12-11-13-16-20/h11-13,15-16,21-22,26H,2-10,14,17-19H2,1H3. The molecule has 0 bridgehead atoms. The summed E-state index contributed by atoms with van der Waals surface area (Å²) in [4.78, 5) is 11.9. The van der Waals surface area contributed by atoms with E-state index in [4.69, 9.17) is 0 Å². The molecule has 0 aliphatic carbocycles. The summed E-state index contributed by atoms with van der Waals surface area (Å²) in [5, 5.41) is 11.3. The average molecular weight is 360 g/mol. The lowest BCUT2D eigenvalue weighted by Crippen LogP contribution is -2.45. The SMILES string of the molecule is CCCCCCCCCCCCC1C(c2ccccc2)CCC(=O)N1O. The molecule has 1 amide bonds. The summed E-state index contributed by atoms with van der Waals surface area (Å²) in [5.41, 5.74) is 1.25. The van der Waals surface area contributed by atoms with E-state index in [-0.39, 0.29) is 17.9 Å². The van der Waals surface area contributed by atoms with Gasteiger partial charge in [-0.2, -0.15) is 0 Å².